The van der Waals surface area contributed by atoms with Gasteiger partial charge in [-0.05, 0) is 66.6 Å². The van der Waals surface area contributed by atoms with E-state index in [2.05, 4.69) is 0 Å². The maximum Gasteiger partial charge on any atom is 0.347 e. The second kappa shape index (κ2) is 12.0. The van der Waals surface area contributed by atoms with Crippen LogP contribution in [0.15, 0.2) is 76.0 Å². The highest BCUT2D eigenvalue weighted by molar-refractivity contribution is 6.08. The van der Waals surface area contributed by atoms with Gasteiger partial charge in [-0.25, -0.2) is 4.79 Å². The Hall–Kier alpha value is -4.78. The number of ether oxygens (including phenoxy) is 4. The van der Waals surface area contributed by atoms with Gasteiger partial charge in [0.25, 0.3) is 0 Å². The molecule has 0 aliphatic carbocycles. The van der Waals surface area contributed by atoms with Crippen LogP contribution >= 0.6 is 0 Å². The van der Waals surface area contributed by atoms with Gasteiger partial charge in [-0.3, -0.25) is 4.79 Å². The van der Waals surface area contributed by atoms with Crippen molar-refractivity contribution < 1.29 is 28.2 Å². The Labute approximate surface area is 220 Å². The maximum absolute atomic E-state index is 13.1. The summed E-state index contributed by atoms with van der Waals surface area (Å²) in [7, 11) is 4.73. The molecule has 7 nitrogen and oxygen atoms in total. The van der Waals surface area contributed by atoms with Crippen LogP contribution < -0.4 is 24.6 Å². The molecule has 0 N–H and O–H groups in total. The molecule has 4 aromatic rings. The number of rotatable bonds is 10. The number of hydrogen-bond acceptors (Lipinski definition) is 7. The summed E-state index contributed by atoms with van der Waals surface area (Å²) < 4.78 is 27.1. The van der Waals surface area contributed by atoms with Crippen molar-refractivity contribution >= 4 is 35.0 Å². The average molecular weight is 513 g/mol. The Morgan fingerprint density at radius 3 is 2.24 bits per heavy atom. The lowest BCUT2D eigenvalue weighted by Crippen LogP contribution is -2.12. The van der Waals surface area contributed by atoms with Crippen molar-refractivity contribution in [1.82, 2.24) is 0 Å². The molecule has 0 saturated carbocycles. The molecular weight excluding hydrogens is 484 g/mol. The molecule has 0 unspecified atom stereocenters. The molecule has 0 amide bonds. The van der Waals surface area contributed by atoms with Gasteiger partial charge in [0, 0.05) is 23.1 Å². The zero-order valence-corrected chi connectivity index (χ0v) is 21.6. The van der Waals surface area contributed by atoms with E-state index in [1.807, 2.05) is 49.4 Å². The molecule has 3 aromatic carbocycles. The minimum atomic E-state index is -0.720. The first kappa shape index (κ1) is 26.3. The number of benzene rings is 3. The highest BCUT2D eigenvalue weighted by atomic mass is 16.5. The lowest BCUT2D eigenvalue weighted by atomic mass is 10.0. The second-order valence-corrected chi connectivity index (χ2v) is 8.22. The number of allylic oxidation sites excluding steroid dienone is 1. The van der Waals surface area contributed by atoms with Crippen LogP contribution in [0.3, 0.4) is 0 Å². The Kier molecular flexibility index (Phi) is 8.28. The Morgan fingerprint density at radius 2 is 1.55 bits per heavy atom. The van der Waals surface area contributed by atoms with Crippen LogP contribution in [-0.4, -0.2) is 33.7 Å². The van der Waals surface area contributed by atoms with E-state index < -0.39 is 11.4 Å². The van der Waals surface area contributed by atoms with Crippen molar-refractivity contribution in [2.75, 3.05) is 27.9 Å². The number of methoxy groups -OCH3 is 3. The van der Waals surface area contributed by atoms with Crippen LogP contribution in [0.1, 0.15) is 34.0 Å². The van der Waals surface area contributed by atoms with E-state index in [9.17, 15) is 9.59 Å². The number of ketones is 1. The van der Waals surface area contributed by atoms with Crippen molar-refractivity contribution in [3.8, 4) is 23.0 Å². The van der Waals surface area contributed by atoms with Gasteiger partial charge < -0.3 is 23.4 Å². The van der Waals surface area contributed by atoms with Crippen molar-refractivity contribution in [3.63, 3.8) is 0 Å². The molecule has 0 atom stereocenters. The number of carbonyl (C=O) groups is 1. The fourth-order valence-corrected chi connectivity index (χ4v) is 3.89. The zero-order valence-electron chi connectivity index (χ0n) is 21.6. The second-order valence-electron chi connectivity index (χ2n) is 8.22. The number of carbonyl (C=O) groups excluding carboxylic acids is 1. The van der Waals surface area contributed by atoms with Gasteiger partial charge in [-0.2, -0.15) is 0 Å². The summed E-state index contributed by atoms with van der Waals surface area (Å²) in [6, 6.07) is 17.9. The summed E-state index contributed by atoms with van der Waals surface area (Å²) in [5.41, 5.74) is 1.93. The third kappa shape index (κ3) is 5.95. The van der Waals surface area contributed by atoms with E-state index in [-0.39, 0.29) is 5.56 Å². The molecular formula is C31H28O7. The maximum atomic E-state index is 13.1. The molecule has 1 aromatic heterocycles. The van der Waals surface area contributed by atoms with Gasteiger partial charge in [0.2, 0.25) is 0 Å². The predicted octanol–water partition coefficient (Wildman–Crippen LogP) is 6.28. The van der Waals surface area contributed by atoms with Gasteiger partial charge in [-0.15, -0.1) is 0 Å². The van der Waals surface area contributed by atoms with Crippen LogP contribution in [0.2, 0.25) is 0 Å². The van der Waals surface area contributed by atoms with Crippen molar-refractivity contribution in [3.05, 3.63) is 99.4 Å². The molecule has 0 aliphatic heterocycles. The summed E-state index contributed by atoms with van der Waals surface area (Å²) in [4.78, 5) is 25.7. The predicted molar refractivity (Wildman–Crippen MR) is 148 cm³/mol. The summed E-state index contributed by atoms with van der Waals surface area (Å²) in [6.45, 7) is 2.36. The fourth-order valence-electron chi connectivity index (χ4n) is 3.89. The highest BCUT2D eigenvalue weighted by Gasteiger charge is 2.14. The SMILES string of the molecule is CCOc1ccc2cc(C(=O)/C=C/c3c(/C=C/c4ccc(OC)cc4)cc(OC)cc3OC)c(=O)oc2c1. The number of hydrogen-bond donors (Lipinski definition) is 0. The van der Waals surface area contributed by atoms with E-state index in [1.165, 1.54) is 12.1 Å². The normalized spacial score (nSPS) is 11.3. The summed E-state index contributed by atoms with van der Waals surface area (Å²) in [5, 5.41) is 0.620. The summed E-state index contributed by atoms with van der Waals surface area (Å²) in [5.74, 6) is 1.97. The van der Waals surface area contributed by atoms with Gasteiger partial charge in [0.15, 0.2) is 5.78 Å². The fraction of sp³-hybridized carbons (Fsp3) is 0.161. The Balaban J connectivity index is 1.68. The molecule has 0 fully saturated rings. The van der Waals surface area contributed by atoms with Gasteiger partial charge in [0.1, 0.15) is 34.1 Å². The van der Waals surface area contributed by atoms with E-state index in [0.29, 0.717) is 40.4 Å². The van der Waals surface area contributed by atoms with Gasteiger partial charge in [0.05, 0.1) is 27.9 Å². The first-order valence-corrected chi connectivity index (χ1v) is 12.0. The third-order valence-corrected chi connectivity index (χ3v) is 5.86. The van der Waals surface area contributed by atoms with Crippen LogP contribution in [0.5, 0.6) is 23.0 Å². The van der Waals surface area contributed by atoms with Crippen molar-refractivity contribution in [1.29, 1.82) is 0 Å². The monoisotopic (exact) mass is 512 g/mol. The van der Waals surface area contributed by atoms with Crippen LogP contribution in [-0.2, 0) is 0 Å². The first-order valence-electron chi connectivity index (χ1n) is 12.0. The largest absolute Gasteiger partial charge is 0.497 e. The lowest BCUT2D eigenvalue weighted by molar-refractivity contribution is 0.104. The zero-order chi connectivity index (χ0) is 27.1. The lowest BCUT2D eigenvalue weighted by Gasteiger charge is -2.11. The minimum absolute atomic E-state index is 0.0688. The first-order chi connectivity index (χ1) is 18.4. The molecule has 0 saturated heterocycles. The Morgan fingerprint density at radius 1 is 0.816 bits per heavy atom. The van der Waals surface area contributed by atoms with E-state index in [4.69, 9.17) is 23.4 Å². The minimum Gasteiger partial charge on any atom is -0.497 e. The molecule has 0 spiro atoms. The van der Waals surface area contributed by atoms with E-state index in [1.54, 1.807) is 51.7 Å². The molecule has 0 bridgehead atoms. The standard InChI is InChI=1S/C31H28O7/c1-5-37-24-13-10-22-17-27(31(33)38-29(22)18-24)28(32)15-14-26-21(16-25(35-3)19-30(26)36-4)9-6-20-7-11-23(34-2)12-8-20/h6-19H,5H2,1-4H3/b9-6+,15-14+. The number of fused-ring (bicyclic) bond motifs is 1. The van der Waals surface area contributed by atoms with Crippen molar-refractivity contribution in [2.45, 2.75) is 6.92 Å². The van der Waals surface area contributed by atoms with Crippen LogP contribution in [0.25, 0.3) is 29.2 Å². The van der Waals surface area contributed by atoms with Crippen LogP contribution in [0.4, 0.5) is 0 Å². The van der Waals surface area contributed by atoms with E-state index >= 15 is 0 Å². The molecule has 0 radical (unpaired) electrons. The smallest absolute Gasteiger partial charge is 0.347 e. The van der Waals surface area contributed by atoms with E-state index in [0.717, 1.165) is 16.9 Å². The average Bonchev–Trinajstić information content (AvgIpc) is 2.94. The molecule has 7 heteroatoms. The third-order valence-electron chi connectivity index (χ3n) is 5.86. The van der Waals surface area contributed by atoms with Gasteiger partial charge >= 0.3 is 5.63 Å². The summed E-state index contributed by atoms with van der Waals surface area (Å²) >= 11 is 0. The molecule has 38 heavy (non-hydrogen) atoms. The van der Waals surface area contributed by atoms with Crippen LogP contribution in [0, 0.1) is 0 Å². The molecule has 194 valence electrons. The topological polar surface area (TPSA) is 84.2 Å². The molecule has 1 heterocycles. The summed E-state index contributed by atoms with van der Waals surface area (Å²) in [6.07, 6.45) is 6.79. The highest BCUT2D eigenvalue weighted by Crippen LogP contribution is 2.32. The Bertz CT molecular complexity index is 1560. The van der Waals surface area contributed by atoms with Crippen molar-refractivity contribution in [2.24, 2.45) is 0 Å². The van der Waals surface area contributed by atoms with Gasteiger partial charge in [-0.1, -0.05) is 24.3 Å². The molecule has 0 aliphatic rings. The molecule has 4 rings (SSSR count). The quantitative estimate of drug-likeness (QED) is 0.107.